The molecule has 2 aliphatic heterocycles. The number of carbonyl (C=O) groups excluding carboxylic acids is 5. The molecular weight excluding hydrogens is 718 g/mol. The van der Waals surface area contributed by atoms with Crippen molar-refractivity contribution in [3.8, 4) is 11.5 Å². The first kappa shape index (κ1) is 42.6. The third kappa shape index (κ3) is 8.44. The lowest BCUT2D eigenvalue weighted by Crippen LogP contribution is -2.57. The van der Waals surface area contributed by atoms with Gasteiger partial charge in [0.25, 0.3) is 5.91 Å². The number of rotatable bonds is 11. The van der Waals surface area contributed by atoms with Crippen LogP contribution in [0.5, 0.6) is 11.5 Å². The third-order valence-corrected chi connectivity index (χ3v) is 10.1. The molecule has 55 heavy (non-hydrogen) atoms. The topological polar surface area (TPSA) is 224 Å². The van der Waals surface area contributed by atoms with E-state index in [0.29, 0.717) is 5.57 Å². The Bertz CT molecular complexity index is 1930. The molecule has 3 aliphatic rings. The molecule has 15 heteroatoms. The Hall–Kier alpha value is -5.09. The van der Waals surface area contributed by atoms with Crippen molar-refractivity contribution in [3.63, 3.8) is 0 Å². The molecule has 1 aromatic carbocycles. The van der Waals surface area contributed by atoms with Gasteiger partial charge in [-0.15, -0.1) is 0 Å². The van der Waals surface area contributed by atoms with E-state index in [1.165, 1.54) is 60.0 Å². The Morgan fingerprint density at radius 2 is 1.67 bits per heavy atom. The van der Waals surface area contributed by atoms with Gasteiger partial charge in [-0.3, -0.25) is 24.0 Å². The Labute approximate surface area is 318 Å². The number of Topliss-reactive ketones (excluding diaryl/α,β-unsaturated/α-hetero) is 1. The van der Waals surface area contributed by atoms with Crippen molar-refractivity contribution in [1.29, 1.82) is 0 Å². The molecule has 0 bridgehead atoms. The number of esters is 2. The van der Waals surface area contributed by atoms with Crippen LogP contribution in [0.15, 0.2) is 52.5 Å². The van der Waals surface area contributed by atoms with Crippen molar-refractivity contribution < 1.29 is 68.1 Å². The van der Waals surface area contributed by atoms with Crippen molar-refractivity contribution in [1.82, 2.24) is 0 Å². The molecule has 1 aliphatic carbocycles. The number of aliphatic hydroxyl groups excluding tert-OH is 3. The van der Waals surface area contributed by atoms with Crippen LogP contribution in [-0.2, 0) is 38.1 Å². The molecule has 2 heterocycles. The number of methoxy groups -OCH3 is 1. The van der Waals surface area contributed by atoms with Crippen molar-refractivity contribution in [2.75, 3.05) is 19.2 Å². The van der Waals surface area contributed by atoms with E-state index in [4.69, 9.17) is 23.7 Å². The average molecular weight is 768 g/mol. The number of benzene rings is 1. The number of amides is 1. The first-order valence-corrected chi connectivity index (χ1v) is 17.7. The summed E-state index contributed by atoms with van der Waals surface area (Å²) in [7, 11) is 1.17. The van der Waals surface area contributed by atoms with Crippen LogP contribution in [0.2, 0.25) is 0 Å². The summed E-state index contributed by atoms with van der Waals surface area (Å²) in [5.41, 5.74) is 0.454. The second-order valence-corrected chi connectivity index (χ2v) is 14.1. The van der Waals surface area contributed by atoms with Crippen LogP contribution in [0, 0.1) is 30.6 Å². The van der Waals surface area contributed by atoms with Crippen molar-refractivity contribution >= 4 is 40.7 Å². The van der Waals surface area contributed by atoms with Gasteiger partial charge in [0.05, 0.1) is 42.2 Å². The Morgan fingerprint density at radius 3 is 2.27 bits per heavy atom. The predicted molar refractivity (Wildman–Crippen MR) is 197 cm³/mol. The van der Waals surface area contributed by atoms with Crippen LogP contribution < -0.4 is 10.1 Å². The Morgan fingerprint density at radius 1 is 1.02 bits per heavy atom. The van der Waals surface area contributed by atoms with E-state index < -0.39 is 77.7 Å². The minimum absolute atomic E-state index is 0.00756. The van der Waals surface area contributed by atoms with E-state index in [0.717, 1.165) is 6.92 Å². The van der Waals surface area contributed by atoms with Crippen LogP contribution >= 0.6 is 0 Å². The second-order valence-electron chi connectivity index (χ2n) is 14.1. The Kier molecular flexibility index (Phi) is 13.3. The van der Waals surface area contributed by atoms with Gasteiger partial charge in [-0.25, -0.2) is 0 Å². The van der Waals surface area contributed by atoms with Gasteiger partial charge in [-0.2, -0.15) is 0 Å². The van der Waals surface area contributed by atoms with Crippen molar-refractivity contribution in [3.05, 3.63) is 69.2 Å². The summed E-state index contributed by atoms with van der Waals surface area (Å²) in [4.78, 5) is 64.2. The number of allylic oxidation sites excluding steroid dienone is 6. The molecule has 298 valence electrons. The first-order valence-electron chi connectivity index (χ1n) is 17.7. The number of carbonyl (C=O) groups is 5. The highest BCUT2D eigenvalue weighted by molar-refractivity contribution is 6.21. The number of aromatic hydroxyl groups is 1. The van der Waals surface area contributed by atoms with E-state index in [-0.39, 0.29) is 68.9 Å². The lowest BCUT2D eigenvalue weighted by atomic mass is 9.76. The fraction of sp³-hybridized carbons (Fsp3) is 0.475. The van der Waals surface area contributed by atoms with Crippen LogP contribution in [0.4, 0.5) is 5.69 Å². The number of hydrogen-bond acceptors (Lipinski definition) is 14. The number of ether oxygens (including phenoxy) is 5. The lowest BCUT2D eigenvalue weighted by Gasteiger charge is -2.44. The number of anilines is 1. The molecule has 15 nitrogen and oxygen atoms in total. The smallest absolute Gasteiger partial charge is 0.313 e. The summed E-state index contributed by atoms with van der Waals surface area (Å²) in [6.45, 7) is 13.2. The Balaban J connectivity index is 1.66. The van der Waals surface area contributed by atoms with Gasteiger partial charge in [-0.05, 0) is 46.3 Å². The molecule has 1 saturated heterocycles. The maximum Gasteiger partial charge on any atom is 0.313 e. The zero-order valence-electron chi connectivity index (χ0n) is 32.5. The average Bonchev–Trinajstić information content (AvgIpc) is 3.13. The lowest BCUT2D eigenvalue weighted by molar-refractivity contribution is -0.262. The zero-order chi connectivity index (χ0) is 41.2. The van der Waals surface area contributed by atoms with Crippen LogP contribution in [0.25, 0.3) is 5.57 Å². The molecule has 8 atom stereocenters. The molecule has 0 aromatic heterocycles. The summed E-state index contributed by atoms with van der Waals surface area (Å²) in [5.74, 6) is -6.78. The number of hydrogen-bond donors (Lipinski definition) is 5. The SMILES string of the molecule is COC(=O)[C@@H]1[C@H](O)[C@H](C)[C@H](O)O[C@@H]1[C@H](C)[C@@H](O)[C@H](C)/C=C\C=C(/C)C(=O)Nc1c(C)c(OC(C)=O)c2c(c1O)C(=O)C(C)=C1OCOC(/C(C)=C/C(C)=O)=C12. The van der Waals surface area contributed by atoms with Gasteiger partial charge < -0.3 is 49.4 Å². The predicted octanol–water partition coefficient (Wildman–Crippen LogP) is 3.92. The van der Waals surface area contributed by atoms with Gasteiger partial charge in [-0.1, -0.05) is 39.0 Å². The van der Waals surface area contributed by atoms with E-state index >= 15 is 0 Å². The molecule has 0 unspecified atom stereocenters. The minimum atomic E-state index is -1.37. The number of aliphatic hydroxyl groups is 3. The second kappa shape index (κ2) is 17.1. The van der Waals surface area contributed by atoms with Gasteiger partial charge in [0.2, 0.25) is 6.79 Å². The summed E-state index contributed by atoms with van der Waals surface area (Å²) in [6, 6.07) is 0. The van der Waals surface area contributed by atoms with Crippen LogP contribution in [0.3, 0.4) is 0 Å². The van der Waals surface area contributed by atoms with Gasteiger partial charge in [0.1, 0.15) is 23.2 Å². The fourth-order valence-corrected chi connectivity index (χ4v) is 6.98. The summed E-state index contributed by atoms with van der Waals surface area (Å²) in [5, 5.41) is 46.5. The molecule has 4 rings (SSSR count). The highest BCUT2D eigenvalue weighted by Crippen LogP contribution is 2.52. The van der Waals surface area contributed by atoms with Crippen molar-refractivity contribution in [2.45, 2.75) is 86.9 Å². The zero-order valence-corrected chi connectivity index (χ0v) is 32.5. The highest BCUT2D eigenvalue weighted by Gasteiger charge is 2.50. The van der Waals surface area contributed by atoms with Crippen LogP contribution in [-0.4, -0.2) is 88.3 Å². The van der Waals surface area contributed by atoms with Gasteiger partial charge >= 0.3 is 11.9 Å². The molecule has 0 spiro atoms. The number of nitrogens with one attached hydrogen (secondary N) is 1. The molecule has 1 fully saturated rings. The van der Waals surface area contributed by atoms with E-state index in [1.807, 2.05) is 0 Å². The normalized spacial score (nSPS) is 24.6. The number of fused-ring (bicyclic) bond motifs is 3. The number of phenols is 1. The quantitative estimate of drug-likeness (QED) is 0.0708. The first-order chi connectivity index (χ1) is 25.7. The maximum atomic E-state index is 13.8. The number of phenolic OH excluding ortho intramolecular Hbond substituents is 1. The molecule has 5 N–H and O–H groups in total. The van der Waals surface area contributed by atoms with E-state index in [9.17, 15) is 44.4 Å². The van der Waals surface area contributed by atoms with Crippen LogP contribution in [0.1, 0.15) is 76.9 Å². The molecule has 1 aromatic rings. The standard InChI is InChI=1S/C40H49NO14/c1-16(30(44)21(6)37-28(40(50)51-10)32(46)23(8)39(49)55-37)12-11-13-17(2)38(48)41-29-20(5)36(54-24(9)43)25-26(33(29)47)31(45)22(7)35-27(25)34(52-15-53-35)18(3)14-19(4)42/h11-14,16,21,23,28,30,32,37,39,44,46-47,49H,15H2,1-10H3,(H,41,48)/b12-11-,17-13+,18-14+/t16-,21-,23+,28-,30+,32-,37-,39-/m1/s1. The summed E-state index contributed by atoms with van der Waals surface area (Å²) in [6.07, 6.45) is 1.10. The summed E-state index contributed by atoms with van der Waals surface area (Å²) >= 11 is 0. The van der Waals surface area contributed by atoms with E-state index in [1.54, 1.807) is 26.8 Å². The molecule has 0 saturated carbocycles. The summed E-state index contributed by atoms with van der Waals surface area (Å²) < 4.78 is 27.6. The van der Waals surface area contributed by atoms with Gasteiger partial charge in [0.15, 0.2) is 23.6 Å². The monoisotopic (exact) mass is 767 g/mol. The number of ketones is 2. The maximum absolute atomic E-state index is 13.8. The van der Waals surface area contributed by atoms with Gasteiger partial charge in [0, 0.05) is 47.0 Å². The largest absolute Gasteiger partial charge is 0.505 e. The minimum Gasteiger partial charge on any atom is -0.505 e. The fourth-order valence-electron chi connectivity index (χ4n) is 6.98. The molecular formula is C40H49NO14. The van der Waals surface area contributed by atoms with E-state index in [2.05, 4.69) is 5.32 Å². The highest BCUT2D eigenvalue weighted by atomic mass is 16.7. The van der Waals surface area contributed by atoms with Crippen molar-refractivity contribution in [2.24, 2.45) is 23.7 Å². The third-order valence-electron chi connectivity index (χ3n) is 10.1. The molecule has 1 amide bonds. The molecule has 0 radical (unpaired) electrons.